The summed E-state index contributed by atoms with van der Waals surface area (Å²) in [6, 6.07) is 0. The van der Waals surface area contributed by atoms with E-state index in [1.54, 1.807) is 0 Å². The molecule has 23 heteroatoms. The molecular weight excluding hydrogens is 1090 g/mol. The third-order valence-corrected chi connectivity index (χ3v) is 10.2. The number of nitrogens with one attached hydrogen (secondary N) is 4. The highest BCUT2D eigenvalue weighted by Gasteiger charge is 2.24. The summed E-state index contributed by atoms with van der Waals surface area (Å²) >= 11 is 3.16. The van der Waals surface area contributed by atoms with Crippen LogP contribution in [0.1, 0.15) is 133 Å². The Kier molecular flexibility index (Phi) is 58.9. The Hall–Kier alpha value is -5.46. The number of hydrogen-bond acceptors (Lipinski definition) is 18. The molecule has 79 heavy (non-hydrogen) atoms. The normalized spacial score (nSPS) is 11.1. The number of amides is 2. The third kappa shape index (κ3) is 74.6. The van der Waals surface area contributed by atoms with Crippen LogP contribution in [0.5, 0.6) is 0 Å². The number of carbonyl (C=O) groups excluding carboxylic acids is 10. The fraction of sp³-hybridized carbons (Fsp3) is 0.679. The summed E-state index contributed by atoms with van der Waals surface area (Å²) in [5.41, 5.74) is 4.31. The number of carbonyl (C=O) groups is 10. The number of allylic oxidation sites excluding steroid dienone is 3. The second kappa shape index (κ2) is 53.2. The van der Waals surface area contributed by atoms with Gasteiger partial charge in [-0.3, -0.25) is 33.6 Å². The highest BCUT2D eigenvalue weighted by atomic mass is 79.9. The van der Waals surface area contributed by atoms with Gasteiger partial charge in [-0.05, 0) is 98.2 Å². The standard InChI is InChI=1S/C20H35N3O6.C13H23NO3.C9H15NO3.C7H13BrO2.C5H10N2O.2CH4/c1-5-17(24)7-6-12-23(4,15-10-20(28)29)14-8-18(25)21-11-16-22(2,3)13-9-19(26)27;1-5-11(15)7-6-9-14-10-8-12(16)17-13(2,3)4;1-2-8(11)4-3-6-10-7-5-9(12)13;1-7(2,3)10-6(9)4-5-8;1-2-5(8)7-4-3-6;;/h5H,1,6-16H2,2-4H3,(H-2,21,25,26,27,28,29);5,14H,1,6-10H2,2-4H3;2,10H,1,3-7H2,(H,12,13);4-5H2,1-3H3;2H,1,3-4,6H2,(H,7,8);2*1H4/p-1. The van der Waals surface area contributed by atoms with Gasteiger partial charge in [0.1, 0.15) is 11.2 Å². The molecule has 0 aromatic carbocycles. The highest BCUT2D eigenvalue weighted by molar-refractivity contribution is 9.09. The smallest absolute Gasteiger partial charge is 0.307 e. The minimum Gasteiger partial charge on any atom is -0.550 e. The molecule has 0 aromatic rings. The molecule has 0 aliphatic rings. The van der Waals surface area contributed by atoms with Gasteiger partial charge < -0.3 is 75.1 Å². The summed E-state index contributed by atoms with van der Waals surface area (Å²) in [5, 5.41) is 43.4. The molecule has 0 heterocycles. The zero-order valence-electron chi connectivity index (χ0n) is 47.8. The van der Waals surface area contributed by atoms with Gasteiger partial charge in [0.25, 0.3) is 0 Å². The number of esters is 2. The molecule has 0 saturated carbocycles. The lowest BCUT2D eigenvalue weighted by atomic mass is 10.1. The summed E-state index contributed by atoms with van der Waals surface area (Å²) in [6.07, 6.45) is 9.35. The molecule has 0 aliphatic heterocycles. The molecule has 460 valence electrons. The van der Waals surface area contributed by atoms with Crippen LogP contribution in [0.25, 0.3) is 0 Å². The molecule has 0 saturated heterocycles. The molecular formula is C56H103BrN7O15-. The van der Waals surface area contributed by atoms with Crippen LogP contribution >= 0.6 is 15.9 Å². The maximum Gasteiger partial charge on any atom is 0.307 e. The Balaban J connectivity index is -0.000000177. The third-order valence-electron chi connectivity index (χ3n) is 9.83. The Morgan fingerprint density at radius 3 is 1.29 bits per heavy atom. The van der Waals surface area contributed by atoms with E-state index in [0.717, 1.165) is 13.0 Å². The summed E-state index contributed by atoms with van der Waals surface area (Å²) in [4.78, 5) is 109. The van der Waals surface area contributed by atoms with E-state index < -0.39 is 23.5 Å². The van der Waals surface area contributed by atoms with Gasteiger partial charge in [0.15, 0.2) is 17.3 Å². The first kappa shape index (κ1) is 87.4. The molecule has 2 amide bonds. The first-order chi connectivity index (χ1) is 35.7. The van der Waals surface area contributed by atoms with E-state index in [1.807, 2.05) is 62.7 Å². The number of alkyl halides is 1. The number of carboxylic acid groups (broad SMARTS) is 3. The number of hydrogen-bond donors (Lipinski definition) is 5. The Labute approximate surface area is 482 Å². The van der Waals surface area contributed by atoms with Gasteiger partial charge in [0.2, 0.25) is 11.8 Å². The van der Waals surface area contributed by atoms with Crippen molar-refractivity contribution in [2.24, 2.45) is 5.73 Å². The Morgan fingerprint density at radius 2 is 0.899 bits per heavy atom. The van der Waals surface area contributed by atoms with Crippen LogP contribution in [-0.2, 0) is 57.4 Å². The molecule has 22 nitrogen and oxygen atoms in total. The lowest BCUT2D eigenvalue weighted by Gasteiger charge is -2.35. The molecule has 0 bridgehead atoms. The maximum absolute atomic E-state index is 12.2. The van der Waals surface area contributed by atoms with Crippen LogP contribution in [0.3, 0.4) is 0 Å². The van der Waals surface area contributed by atoms with Gasteiger partial charge >= 0.3 is 11.9 Å². The maximum atomic E-state index is 12.2. The molecule has 0 spiro atoms. The fourth-order valence-corrected chi connectivity index (χ4v) is 5.96. The van der Waals surface area contributed by atoms with E-state index in [1.165, 1.54) is 24.3 Å². The van der Waals surface area contributed by atoms with Gasteiger partial charge in [-0.1, -0.05) is 57.1 Å². The quantitative estimate of drug-likeness (QED) is 0.0193. The predicted molar refractivity (Wildman–Crippen MR) is 309 cm³/mol. The van der Waals surface area contributed by atoms with Crippen LogP contribution in [-0.4, -0.2) is 184 Å². The Morgan fingerprint density at radius 1 is 0.494 bits per heavy atom. The van der Waals surface area contributed by atoms with E-state index in [2.05, 4.69) is 63.5 Å². The number of ketones is 3. The minimum absolute atomic E-state index is 0. The van der Waals surface area contributed by atoms with E-state index in [-0.39, 0.29) is 87.2 Å². The highest BCUT2D eigenvalue weighted by Crippen LogP contribution is 2.11. The monoisotopic (exact) mass is 1190 g/mol. The molecule has 0 fully saturated rings. The molecule has 0 aromatic heterocycles. The van der Waals surface area contributed by atoms with Gasteiger partial charge in [-0.15, -0.1) is 0 Å². The van der Waals surface area contributed by atoms with Crippen molar-refractivity contribution in [1.82, 2.24) is 21.3 Å². The summed E-state index contributed by atoms with van der Waals surface area (Å²) < 4.78 is 11.0. The number of halogens is 1. The van der Waals surface area contributed by atoms with Crippen molar-refractivity contribution in [3.05, 3.63) is 50.6 Å². The average Bonchev–Trinajstić information content (AvgIpc) is 3.32. The largest absolute Gasteiger partial charge is 0.550 e. The van der Waals surface area contributed by atoms with Gasteiger partial charge in [0, 0.05) is 87.9 Å². The van der Waals surface area contributed by atoms with Gasteiger partial charge in [0.05, 0.1) is 79.7 Å². The van der Waals surface area contributed by atoms with Crippen LogP contribution in [0.15, 0.2) is 50.6 Å². The SMILES string of the molecule is C.C.C=CC(=O)CCCNCCC(=O)OC(C)(C)C.C=CC(=O)CCCNCCC(=O)[O-].C=CC(=O)CCC[N+](C)(CCC(=O)[O-])CCC(=O)NCC[N+](C)(C)CCC(=O)[O-].C=CC(=O)NCCN.CC(C)(C)OC(=O)CCBr. The first-order valence-corrected chi connectivity index (χ1v) is 26.8. The van der Waals surface area contributed by atoms with E-state index in [4.69, 9.17) is 15.2 Å². The van der Waals surface area contributed by atoms with Gasteiger partial charge in [-0.2, -0.15) is 0 Å². The molecule has 1 atom stereocenters. The molecule has 0 rings (SSSR count). The minimum atomic E-state index is -1.14. The number of nitrogens with two attached hydrogens (primary N) is 1. The lowest BCUT2D eigenvalue weighted by Crippen LogP contribution is -2.50. The first-order valence-electron chi connectivity index (χ1n) is 25.7. The van der Waals surface area contributed by atoms with Crippen molar-refractivity contribution in [3.8, 4) is 0 Å². The zero-order chi connectivity index (χ0) is 60.5. The van der Waals surface area contributed by atoms with Crippen LogP contribution in [0, 0.1) is 0 Å². The summed E-state index contributed by atoms with van der Waals surface area (Å²) in [6.45, 7) is 30.7. The number of aliphatic carboxylic acids is 3. The van der Waals surface area contributed by atoms with Crippen molar-refractivity contribution < 1.29 is 81.7 Å². The summed E-state index contributed by atoms with van der Waals surface area (Å²) in [7, 11) is 5.63. The predicted octanol–water partition coefficient (Wildman–Crippen LogP) is 1.56. The van der Waals surface area contributed by atoms with Crippen molar-refractivity contribution in [2.45, 2.75) is 145 Å². The second-order valence-corrected chi connectivity index (χ2v) is 20.9. The topological polar surface area (TPSA) is 332 Å². The van der Waals surface area contributed by atoms with Crippen LogP contribution < -0.4 is 42.3 Å². The number of ether oxygens (including phenoxy) is 2. The van der Waals surface area contributed by atoms with Crippen LogP contribution in [0.2, 0.25) is 0 Å². The van der Waals surface area contributed by atoms with Crippen LogP contribution in [0.4, 0.5) is 0 Å². The van der Waals surface area contributed by atoms with E-state index in [0.29, 0.717) is 131 Å². The van der Waals surface area contributed by atoms with Crippen molar-refractivity contribution >= 4 is 74.9 Å². The molecule has 0 aliphatic carbocycles. The number of quaternary nitrogens is 2. The fourth-order valence-electron chi connectivity index (χ4n) is 5.64. The molecule has 0 radical (unpaired) electrons. The number of likely N-dealkylation sites (N-methyl/N-ethyl adjacent to an activating group) is 1. The molecule has 6 N–H and O–H groups in total. The lowest BCUT2D eigenvalue weighted by molar-refractivity contribution is -0.908. The second-order valence-electron chi connectivity index (χ2n) is 20.1. The van der Waals surface area contributed by atoms with Gasteiger partial charge in [-0.25, -0.2) is 0 Å². The Bertz CT molecular complexity index is 1800. The van der Waals surface area contributed by atoms with Crippen molar-refractivity contribution in [1.29, 1.82) is 0 Å². The number of rotatable bonds is 38. The number of carboxylic acids is 3. The average molecular weight is 1190 g/mol. The zero-order valence-corrected chi connectivity index (χ0v) is 49.4. The van der Waals surface area contributed by atoms with E-state index in [9.17, 15) is 63.3 Å². The molecule has 1 unspecified atom stereocenters. The van der Waals surface area contributed by atoms with Crippen molar-refractivity contribution in [3.63, 3.8) is 0 Å². The van der Waals surface area contributed by atoms with Crippen molar-refractivity contribution in [2.75, 3.05) is 105 Å². The summed E-state index contributed by atoms with van der Waals surface area (Å²) in [5.74, 6) is -3.96. The number of nitrogens with zero attached hydrogens (tertiary/aromatic N) is 2. The van der Waals surface area contributed by atoms with E-state index >= 15 is 0 Å².